The van der Waals surface area contributed by atoms with Gasteiger partial charge >= 0.3 is 11.9 Å². The Bertz CT molecular complexity index is 558. The Morgan fingerprint density at radius 3 is 1.41 bits per heavy atom. The average Bonchev–Trinajstić information content (AvgIpc) is 2.97. The SMILES string of the molecule is O=C1CC(CCCCCCCCCCCCCCCCCCS(=O)(=O)O)C(=O)O1. The fourth-order valence-electron chi connectivity index (χ4n) is 3.89. The lowest BCUT2D eigenvalue weighted by Crippen LogP contribution is -2.06. The molecule has 0 aromatic rings. The number of carbonyl (C=O) groups is 2. The van der Waals surface area contributed by atoms with Crippen LogP contribution in [0.25, 0.3) is 0 Å². The van der Waals surface area contributed by atoms with E-state index in [-0.39, 0.29) is 30.0 Å². The Labute approximate surface area is 176 Å². The Kier molecular flexibility index (Phi) is 14.2. The summed E-state index contributed by atoms with van der Waals surface area (Å²) >= 11 is 0. The van der Waals surface area contributed by atoms with E-state index in [0.717, 1.165) is 38.5 Å². The molecule has 1 atom stereocenters. The Hall–Kier alpha value is -0.950. The highest BCUT2D eigenvalue weighted by atomic mass is 32.2. The summed E-state index contributed by atoms with van der Waals surface area (Å²) in [5, 5.41) is 0. The summed E-state index contributed by atoms with van der Waals surface area (Å²) in [7, 11) is -3.78. The molecule has 0 radical (unpaired) electrons. The highest BCUT2D eigenvalue weighted by Crippen LogP contribution is 2.22. The van der Waals surface area contributed by atoms with Gasteiger partial charge in [0.2, 0.25) is 0 Å². The van der Waals surface area contributed by atoms with E-state index in [1.807, 2.05) is 0 Å². The molecule has 1 aliphatic heterocycles. The highest BCUT2D eigenvalue weighted by molar-refractivity contribution is 7.85. The molecule has 170 valence electrons. The van der Waals surface area contributed by atoms with Crippen molar-refractivity contribution in [1.29, 1.82) is 0 Å². The lowest BCUT2D eigenvalue weighted by Gasteiger charge is -2.05. The molecule has 0 bridgehead atoms. The number of hydrogen-bond donors (Lipinski definition) is 1. The standard InChI is InChI=1S/C22H40O6S/c23-21-19-20(22(24)28-21)17-15-13-11-9-7-5-3-1-2-4-6-8-10-12-14-16-18-29(25,26)27/h20H,1-19H2,(H,25,26,27). The second kappa shape index (κ2) is 15.8. The molecule has 0 aromatic carbocycles. The Morgan fingerprint density at radius 2 is 1.07 bits per heavy atom. The van der Waals surface area contributed by atoms with E-state index in [2.05, 4.69) is 4.74 Å². The van der Waals surface area contributed by atoms with Crippen molar-refractivity contribution in [3.63, 3.8) is 0 Å². The first kappa shape index (κ1) is 26.1. The monoisotopic (exact) mass is 432 g/mol. The molecule has 0 amide bonds. The van der Waals surface area contributed by atoms with Crippen molar-refractivity contribution in [2.45, 2.75) is 116 Å². The summed E-state index contributed by atoms with van der Waals surface area (Å²) in [5.41, 5.74) is 0. The summed E-state index contributed by atoms with van der Waals surface area (Å²) in [4.78, 5) is 22.4. The van der Waals surface area contributed by atoms with E-state index in [0.29, 0.717) is 6.42 Å². The van der Waals surface area contributed by atoms with Gasteiger partial charge in [-0.15, -0.1) is 0 Å². The molecule has 6 nitrogen and oxygen atoms in total. The third kappa shape index (κ3) is 15.5. The van der Waals surface area contributed by atoms with Crippen molar-refractivity contribution >= 4 is 22.1 Å². The fraction of sp³-hybridized carbons (Fsp3) is 0.909. The predicted molar refractivity (Wildman–Crippen MR) is 114 cm³/mol. The van der Waals surface area contributed by atoms with Gasteiger partial charge in [0.1, 0.15) is 0 Å². The van der Waals surface area contributed by atoms with Crippen LogP contribution in [0, 0.1) is 5.92 Å². The van der Waals surface area contributed by atoms with Gasteiger partial charge in [0, 0.05) is 0 Å². The summed E-state index contributed by atoms with van der Waals surface area (Å²) in [6.45, 7) is 0. The van der Waals surface area contributed by atoms with Crippen molar-refractivity contribution < 1.29 is 27.3 Å². The molecule has 0 spiro atoms. The molecular formula is C22H40O6S. The van der Waals surface area contributed by atoms with Crippen molar-refractivity contribution in [3.8, 4) is 0 Å². The molecule has 0 saturated carbocycles. The predicted octanol–water partition coefficient (Wildman–Crippen LogP) is 5.60. The second-order valence-corrected chi connectivity index (χ2v) is 10.00. The quantitative estimate of drug-likeness (QED) is 0.124. The van der Waals surface area contributed by atoms with Crippen LogP contribution in [0.4, 0.5) is 0 Å². The smallest absolute Gasteiger partial charge is 0.317 e. The van der Waals surface area contributed by atoms with Gasteiger partial charge in [0.15, 0.2) is 0 Å². The van der Waals surface area contributed by atoms with E-state index in [1.54, 1.807) is 0 Å². The van der Waals surface area contributed by atoms with E-state index in [4.69, 9.17) is 4.55 Å². The van der Waals surface area contributed by atoms with Crippen LogP contribution in [0.5, 0.6) is 0 Å². The van der Waals surface area contributed by atoms with Crippen LogP contribution in [-0.4, -0.2) is 30.7 Å². The summed E-state index contributed by atoms with van der Waals surface area (Å²) in [6.07, 6.45) is 19.6. The van der Waals surface area contributed by atoms with Crippen LogP contribution >= 0.6 is 0 Å². The molecule has 1 unspecified atom stereocenters. The molecule has 7 heteroatoms. The number of esters is 2. The van der Waals surface area contributed by atoms with E-state index < -0.39 is 10.1 Å². The third-order valence-electron chi connectivity index (χ3n) is 5.67. The minimum Gasteiger partial charge on any atom is -0.393 e. The zero-order chi connectivity index (χ0) is 21.4. The highest BCUT2D eigenvalue weighted by Gasteiger charge is 2.32. The maximum absolute atomic E-state index is 11.3. The maximum Gasteiger partial charge on any atom is 0.317 e. The van der Waals surface area contributed by atoms with Crippen molar-refractivity contribution in [2.24, 2.45) is 5.92 Å². The van der Waals surface area contributed by atoms with Gasteiger partial charge in [-0.2, -0.15) is 8.42 Å². The molecule has 0 aromatic heterocycles. The van der Waals surface area contributed by atoms with Gasteiger partial charge in [-0.1, -0.05) is 96.3 Å². The molecule has 1 heterocycles. The largest absolute Gasteiger partial charge is 0.393 e. The number of hydrogen-bond acceptors (Lipinski definition) is 5. The van der Waals surface area contributed by atoms with Gasteiger partial charge < -0.3 is 4.74 Å². The number of rotatable bonds is 19. The van der Waals surface area contributed by atoms with Crippen LogP contribution < -0.4 is 0 Å². The normalized spacial score (nSPS) is 17.1. The van der Waals surface area contributed by atoms with E-state index >= 15 is 0 Å². The van der Waals surface area contributed by atoms with Crippen LogP contribution in [0.15, 0.2) is 0 Å². The molecule has 1 aliphatic rings. The van der Waals surface area contributed by atoms with Gasteiger partial charge in [0.05, 0.1) is 18.1 Å². The molecule has 1 rings (SSSR count). The number of cyclic esters (lactones) is 2. The van der Waals surface area contributed by atoms with Crippen molar-refractivity contribution in [3.05, 3.63) is 0 Å². The van der Waals surface area contributed by atoms with Crippen LogP contribution in [0.1, 0.15) is 116 Å². The topological polar surface area (TPSA) is 97.7 Å². The molecule has 1 fully saturated rings. The van der Waals surface area contributed by atoms with Crippen molar-refractivity contribution in [2.75, 3.05) is 5.75 Å². The first-order valence-corrected chi connectivity index (χ1v) is 13.2. The average molecular weight is 433 g/mol. The summed E-state index contributed by atoms with van der Waals surface area (Å²) in [6, 6.07) is 0. The molecular weight excluding hydrogens is 392 g/mol. The first-order chi connectivity index (χ1) is 13.9. The lowest BCUT2D eigenvalue weighted by molar-refractivity contribution is -0.153. The molecule has 1 saturated heterocycles. The zero-order valence-corrected chi connectivity index (χ0v) is 18.7. The van der Waals surface area contributed by atoms with Crippen LogP contribution in [0.3, 0.4) is 0 Å². The number of ether oxygens (including phenoxy) is 1. The molecule has 29 heavy (non-hydrogen) atoms. The lowest BCUT2D eigenvalue weighted by atomic mass is 9.98. The van der Waals surface area contributed by atoms with Gasteiger partial charge in [0.25, 0.3) is 10.1 Å². The Morgan fingerprint density at radius 1 is 0.690 bits per heavy atom. The summed E-state index contributed by atoms with van der Waals surface area (Å²) < 4.78 is 34.4. The second-order valence-electron chi connectivity index (χ2n) is 8.43. The maximum atomic E-state index is 11.3. The van der Waals surface area contributed by atoms with Crippen LogP contribution in [-0.2, 0) is 24.4 Å². The molecule has 0 aliphatic carbocycles. The van der Waals surface area contributed by atoms with Crippen molar-refractivity contribution in [1.82, 2.24) is 0 Å². The first-order valence-electron chi connectivity index (χ1n) is 11.6. The molecule has 1 N–H and O–H groups in total. The zero-order valence-electron chi connectivity index (χ0n) is 17.9. The minimum absolute atomic E-state index is 0.105. The number of unbranched alkanes of at least 4 members (excludes halogenated alkanes) is 15. The number of carbonyl (C=O) groups excluding carboxylic acids is 2. The van der Waals surface area contributed by atoms with Crippen LogP contribution in [0.2, 0.25) is 0 Å². The van der Waals surface area contributed by atoms with E-state index in [9.17, 15) is 18.0 Å². The van der Waals surface area contributed by atoms with Gasteiger partial charge in [-0.05, 0) is 12.8 Å². The third-order valence-corrected chi connectivity index (χ3v) is 6.47. The van der Waals surface area contributed by atoms with Gasteiger partial charge in [-0.25, -0.2) is 0 Å². The summed E-state index contributed by atoms with van der Waals surface area (Å²) in [5.74, 6) is -0.987. The van der Waals surface area contributed by atoms with E-state index in [1.165, 1.54) is 64.2 Å². The Balaban J connectivity index is 1.72. The fourth-order valence-corrected chi connectivity index (χ4v) is 4.46. The van der Waals surface area contributed by atoms with Gasteiger partial charge in [-0.3, -0.25) is 14.1 Å². The minimum atomic E-state index is -3.78.